The van der Waals surface area contributed by atoms with Gasteiger partial charge in [0.15, 0.2) is 0 Å². The SMILES string of the molecule is CCN(C)C(=O)C(C)Nc1ccc(F)c(N)c1C(=O)O. The topological polar surface area (TPSA) is 95.7 Å². The van der Waals surface area contributed by atoms with Gasteiger partial charge >= 0.3 is 5.97 Å². The fourth-order valence-electron chi connectivity index (χ4n) is 1.73. The predicted molar refractivity (Wildman–Crippen MR) is 74.2 cm³/mol. The second-order valence-corrected chi connectivity index (χ2v) is 4.41. The number of benzene rings is 1. The monoisotopic (exact) mass is 283 g/mol. The highest BCUT2D eigenvalue weighted by molar-refractivity contribution is 6.00. The molecule has 1 rings (SSSR count). The molecule has 0 radical (unpaired) electrons. The zero-order chi connectivity index (χ0) is 15.4. The van der Waals surface area contributed by atoms with Crippen molar-refractivity contribution in [2.45, 2.75) is 19.9 Å². The summed E-state index contributed by atoms with van der Waals surface area (Å²) in [7, 11) is 1.64. The Morgan fingerprint density at radius 1 is 1.50 bits per heavy atom. The lowest BCUT2D eigenvalue weighted by Crippen LogP contribution is -2.39. The Balaban J connectivity index is 3.07. The van der Waals surface area contributed by atoms with Crippen LogP contribution in [0.3, 0.4) is 0 Å². The lowest BCUT2D eigenvalue weighted by molar-refractivity contribution is -0.130. The Bertz CT molecular complexity index is 534. The molecule has 0 bridgehead atoms. The lowest BCUT2D eigenvalue weighted by atomic mass is 10.1. The summed E-state index contributed by atoms with van der Waals surface area (Å²) in [6.07, 6.45) is 0. The van der Waals surface area contributed by atoms with Crippen molar-refractivity contribution in [2.24, 2.45) is 0 Å². The summed E-state index contributed by atoms with van der Waals surface area (Å²) in [5.41, 5.74) is 4.72. The van der Waals surface area contributed by atoms with Gasteiger partial charge in [-0.2, -0.15) is 0 Å². The highest BCUT2D eigenvalue weighted by Crippen LogP contribution is 2.25. The molecule has 0 spiro atoms. The third kappa shape index (κ3) is 3.17. The van der Waals surface area contributed by atoms with Gasteiger partial charge in [-0.1, -0.05) is 0 Å². The Morgan fingerprint density at radius 2 is 2.10 bits per heavy atom. The normalized spacial score (nSPS) is 11.8. The number of hydrogen-bond donors (Lipinski definition) is 3. The second kappa shape index (κ2) is 6.23. The number of rotatable bonds is 5. The predicted octanol–water partition coefficient (Wildman–Crippen LogP) is 1.38. The minimum absolute atomic E-state index is 0.113. The molecule has 1 amide bonds. The molecule has 4 N–H and O–H groups in total. The molecule has 1 aromatic rings. The first-order chi connectivity index (χ1) is 9.29. The van der Waals surface area contributed by atoms with Crippen LogP contribution < -0.4 is 11.1 Å². The number of carbonyl (C=O) groups is 2. The van der Waals surface area contributed by atoms with Crippen LogP contribution in [0.5, 0.6) is 0 Å². The fourth-order valence-corrected chi connectivity index (χ4v) is 1.73. The van der Waals surface area contributed by atoms with Gasteiger partial charge in [0.2, 0.25) is 5.91 Å². The van der Waals surface area contributed by atoms with E-state index in [1.807, 2.05) is 6.92 Å². The number of nitrogens with zero attached hydrogens (tertiary/aromatic N) is 1. The van der Waals surface area contributed by atoms with Crippen LogP contribution in [0.2, 0.25) is 0 Å². The van der Waals surface area contributed by atoms with Gasteiger partial charge in [0, 0.05) is 13.6 Å². The molecule has 1 aromatic carbocycles. The average molecular weight is 283 g/mol. The number of nitrogen functional groups attached to an aromatic ring is 1. The number of hydrogen-bond acceptors (Lipinski definition) is 4. The van der Waals surface area contributed by atoms with E-state index in [9.17, 15) is 14.0 Å². The summed E-state index contributed by atoms with van der Waals surface area (Å²) in [5, 5.41) is 11.9. The van der Waals surface area contributed by atoms with E-state index in [1.54, 1.807) is 14.0 Å². The quantitative estimate of drug-likeness (QED) is 0.710. The first-order valence-electron chi connectivity index (χ1n) is 6.12. The minimum atomic E-state index is -1.35. The molecule has 0 saturated heterocycles. The van der Waals surface area contributed by atoms with Crippen LogP contribution in [0, 0.1) is 5.82 Å². The first-order valence-corrected chi connectivity index (χ1v) is 6.12. The van der Waals surface area contributed by atoms with Gasteiger partial charge in [-0.25, -0.2) is 9.18 Å². The number of anilines is 2. The second-order valence-electron chi connectivity index (χ2n) is 4.41. The molecule has 0 fully saturated rings. The van der Waals surface area contributed by atoms with Crippen molar-refractivity contribution in [1.82, 2.24) is 4.90 Å². The molecule has 0 heterocycles. The summed E-state index contributed by atoms with van der Waals surface area (Å²) in [4.78, 5) is 24.6. The first kappa shape index (κ1) is 15.7. The van der Waals surface area contributed by atoms with Crippen LogP contribution in [0.4, 0.5) is 15.8 Å². The molecule has 0 saturated carbocycles. The number of carboxylic acids is 1. The number of nitrogens with two attached hydrogens (primary N) is 1. The Morgan fingerprint density at radius 3 is 2.60 bits per heavy atom. The van der Waals surface area contributed by atoms with Crippen LogP contribution in [0.1, 0.15) is 24.2 Å². The maximum Gasteiger partial charge on any atom is 0.340 e. The van der Waals surface area contributed by atoms with E-state index in [-0.39, 0.29) is 17.2 Å². The lowest BCUT2D eigenvalue weighted by Gasteiger charge is -2.22. The molecule has 0 aliphatic heterocycles. The molecule has 6 nitrogen and oxygen atoms in total. The number of carbonyl (C=O) groups excluding carboxylic acids is 1. The van der Waals surface area contributed by atoms with E-state index in [0.717, 1.165) is 6.07 Å². The molecule has 0 aromatic heterocycles. The third-order valence-electron chi connectivity index (χ3n) is 3.00. The van der Waals surface area contributed by atoms with E-state index in [1.165, 1.54) is 11.0 Å². The molecule has 0 aliphatic rings. The zero-order valence-corrected chi connectivity index (χ0v) is 11.6. The number of carboxylic acid groups (broad SMARTS) is 1. The minimum Gasteiger partial charge on any atom is -0.478 e. The Hall–Kier alpha value is -2.31. The molecular weight excluding hydrogens is 265 g/mol. The fraction of sp³-hybridized carbons (Fsp3) is 0.385. The van der Waals surface area contributed by atoms with Crippen LogP contribution >= 0.6 is 0 Å². The Labute approximate surface area is 116 Å². The molecule has 0 aliphatic carbocycles. The number of aromatic carboxylic acids is 1. The van der Waals surface area contributed by atoms with Crippen molar-refractivity contribution in [3.8, 4) is 0 Å². The molecular formula is C13H18FN3O3. The van der Waals surface area contributed by atoms with Gasteiger partial charge in [-0.15, -0.1) is 0 Å². The maximum atomic E-state index is 13.3. The van der Waals surface area contributed by atoms with E-state index in [0.29, 0.717) is 6.54 Å². The summed E-state index contributed by atoms with van der Waals surface area (Å²) in [6.45, 7) is 3.95. The third-order valence-corrected chi connectivity index (χ3v) is 3.00. The molecule has 20 heavy (non-hydrogen) atoms. The van der Waals surface area contributed by atoms with E-state index in [4.69, 9.17) is 10.8 Å². The summed E-state index contributed by atoms with van der Waals surface area (Å²) in [5.74, 6) is -2.36. The van der Waals surface area contributed by atoms with Gasteiger partial charge < -0.3 is 21.1 Å². The van der Waals surface area contributed by atoms with Crippen LogP contribution in [-0.2, 0) is 4.79 Å². The summed E-state index contributed by atoms with van der Waals surface area (Å²) < 4.78 is 13.3. The van der Waals surface area contributed by atoms with Crippen molar-refractivity contribution in [1.29, 1.82) is 0 Å². The maximum absolute atomic E-state index is 13.3. The van der Waals surface area contributed by atoms with E-state index >= 15 is 0 Å². The van der Waals surface area contributed by atoms with Crippen LogP contribution in [0.25, 0.3) is 0 Å². The van der Waals surface area contributed by atoms with Crippen LogP contribution in [0.15, 0.2) is 12.1 Å². The molecule has 1 atom stereocenters. The number of likely N-dealkylation sites (N-methyl/N-ethyl adjacent to an activating group) is 1. The van der Waals surface area contributed by atoms with Gasteiger partial charge in [0.25, 0.3) is 0 Å². The molecule has 1 unspecified atom stereocenters. The average Bonchev–Trinajstić information content (AvgIpc) is 2.40. The molecule has 7 heteroatoms. The summed E-state index contributed by atoms with van der Waals surface area (Å²) in [6, 6.07) is 1.67. The number of nitrogens with one attached hydrogen (secondary N) is 1. The largest absolute Gasteiger partial charge is 0.478 e. The van der Waals surface area contributed by atoms with E-state index < -0.39 is 23.5 Å². The molecule has 110 valence electrons. The van der Waals surface area contributed by atoms with Gasteiger partial charge in [0.05, 0.1) is 11.4 Å². The van der Waals surface area contributed by atoms with Gasteiger partial charge in [0.1, 0.15) is 17.4 Å². The van der Waals surface area contributed by atoms with Crippen molar-refractivity contribution < 1.29 is 19.1 Å². The smallest absolute Gasteiger partial charge is 0.340 e. The zero-order valence-electron chi connectivity index (χ0n) is 11.6. The van der Waals surface area contributed by atoms with Crippen molar-refractivity contribution >= 4 is 23.3 Å². The van der Waals surface area contributed by atoms with E-state index in [2.05, 4.69) is 5.32 Å². The van der Waals surface area contributed by atoms with Crippen molar-refractivity contribution in [3.63, 3.8) is 0 Å². The van der Waals surface area contributed by atoms with Crippen molar-refractivity contribution in [2.75, 3.05) is 24.6 Å². The number of amides is 1. The highest BCUT2D eigenvalue weighted by Gasteiger charge is 2.22. The number of halogens is 1. The standard InChI is InChI=1S/C13H18FN3O3/c1-4-17(3)12(18)7(2)16-9-6-5-8(14)11(15)10(9)13(19)20/h5-7,16H,4,15H2,1-3H3,(H,19,20). The van der Waals surface area contributed by atoms with Crippen LogP contribution in [-0.4, -0.2) is 41.5 Å². The Kier molecular flexibility index (Phi) is 4.90. The summed E-state index contributed by atoms with van der Waals surface area (Å²) >= 11 is 0. The van der Waals surface area contributed by atoms with Gasteiger partial charge in [-0.3, -0.25) is 4.79 Å². The highest BCUT2D eigenvalue weighted by atomic mass is 19.1. The van der Waals surface area contributed by atoms with Gasteiger partial charge in [-0.05, 0) is 26.0 Å². The van der Waals surface area contributed by atoms with Crippen molar-refractivity contribution in [3.05, 3.63) is 23.5 Å².